The minimum absolute atomic E-state index is 0.180. The van der Waals surface area contributed by atoms with Gasteiger partial charge in [-0.15, -0.1) is 0 Å². The third-order valence-corrected chi connectivity index (χ3v) is 7.55. The maximum atomic E-state index is 12.5. The molecule has 0 spiro atoms. The van der Waals surface area contributed by atoms with Gasteiger partial charge in [-0.05, 0) is 73.9 Å². The van der Waals surface area contributed by atoms with E-state index in [-0.39, 0.29) is 12.2 Å². The van der Waals surface area contributed by atoms with Gasteiger partial charge in [0, 0.05) is 10.2 Å². The molecule has 0 saturated heterocycles. The minimum atomic E-state index is -1.18. The lowest BCUT2D eigenvalue weighted by atomic mass is 9.95. The van der Waals surface area contributed by atoms with E-state index in [1.807, 2.05) is 38.1 Å². The number of hydrogen-bond donors (Lipinski definition) is 4. The molecule has 4 N–H and O–H groups in total. The molecule has 2 atom stereocenters. The van der Waals surface area contributed by atoms with E-state index >= 15 is 0 Å². The third-order valence-electron chi connectivity index (χ3n) is 6.74. The van der Waals surface area contributed by atoms with Crippen LogP contribution in [0.3, 0.4) is 0 Å². The number of hydrazone groups is 1. The molecule has 0 aromatic heterocycles. The van der Waals surface area contributed by atoms with Crippen LogP contribution in [0.4, 0.5) is 4.79 Å². The molecule has 0 fully saturated rings. The second-order valence-corrected chi connectivity index (χ2v) is 11.4. The summed E-state index contributed by atoms with van der Waals surface area (Å²) >= 11 is 9.97. The predicted molar refractivity (Wildman–Crippen MR) is 180 cm³/mol. The molecule has 4 rings (SSSR count). The van der Waals surface area contributed by atoms with Gasteiger partial charge in [0.25, 0.3) is 0 Å². The first-order valence-electron chi connectivity index (χ1n) is 14.7. The lowest BCUT2D eigenvalue weighted by molar-refractivity contribution is -0.136. The summed E-state index contributed by atoms with van der Waals surface area (Å²) in [6.45, 7) is 6.14. The summed E-state index contributed by atoms with van der Waals surface area (Å²) < 4.78 is 29.2. The first kappa shape index (κ1) is 35.4. The number of esters is 1. The van der Waals surface area contributed by atoms with Crippen LogP contribution in [-0.4, -0.2) is 56.5 Å². The zero-order valence-electron chi connectivity index (χ0n) is 26.3. The van der Waals surface area contributed by atoms with Crippen molar-refractivity contribution < 1.29 is 38.4 Å². The van der Waals surface area contributed by atoms with Crippen molar-refractivity contribution in [3.63, 3.8) is 0 Å². The third kappa shape index (κ3) is 9.53. The molecule has 0 saturated carbocycles. The highest BCUT2D eigenvalue weighted by Crippen LogP contribution is 2.37. The summed E-state index contributed by atoms with van der Waals surface area (Å²) in [7, 11) is 1.27. The molecule has 0 radical (unpaired) electrons. The van der Waals surface area contributed by atoms with Gasteiger partial charge in [-0.2, -0.15) is 5.10 Å². The van der Waals surface area contributed by atoms with Gasteiger partial charge in [-0.1, -0.05) is 45.7 Å². The van der Waals surface area contributed by atoms with Crippen molar-refractivity contribution in [2.24, 2.45) is 5.10 Å². The Balaban J connectivity index is 1.40. The Hall–Kier alpha value is -4.46. The molecule has 1 heterocycles. The number of rotatable bonds is 15. The van der Waals surface area contributed by atoms with Crippen molar-refractivity contribution in [1.29, 1.82) is 0 Å². The zero-order chi connectivity index (χ0) is 33.9. The average Bonchev–Trinajstić information content (AvgIpc) is 3.04. The van der Waals surface area contributed by atoms with Gasteiger partial charge in [0.2, 0.25) is 0 Å². The predicted octanol–water partition coefficient (Wildman–Crippen LogP) is 5.60. The summed E-state index contributed by atoms with van der Waals surface area (Å²) in [6.07, 6.45) is 0.300. The fraction of sp³-hybridized carbons (Fsp3) is 0.303. The maximum absolute atomic E-state index is 12.5. The number of amides is 2. The highest BCUT2D eigenvalue weighted by Gasteiger charge is 2.32. The molecule has 250 valence electrons. The van der Waals surface area contributed by atoms with Crippen LogP contribution in [0.15, 0.2) is 75.4 Å². The first-order chi connectivity index (χ1) is 22.6. The largest absolute Gasteiger partial charge is 0.490 e. The molecular formula is C33H36BrClN4O8. The Morgan fingerprint density at radius 3 is 2.47 bits per heavy atom. The molecule has 0 aliphatic carbocycles. The number of halogens is 2. The van der Waals surface area contributed by atoms with E-state index in [9.17, 15) is 14.7 Å². The number of urea groups is 1. The lowest BCUT2D eigenvalue weighted by Gasteiger charge is -2.28. The monoisotopic (exact) mass is 730 g/mol. The van der Waals surface area contributed by atoms with Crippen LogP contribution in [0.5, 0.6) is 23.0 Å². The lowest BCUT2D eigenvalue weighted by Crippen LogP contribution is -2.45. The molecular weight excluding hydrogens is 696 g/mol. The maximum Gasteiger partial charge on any atom is 0.337 e. The molecule has 47 heavy (non-hydrogen) atoms. The van der Waals surface area contributed by atoms with Crippen LogP contribution in [0, 0.1) is 0 Å². The number of aliphatic hydroxyl groups is 1. The van der Waals surface area contributed by atoms with Gasteiger partial charge in [0.1, 0.15) is 13.2 Å². The number of carbonyl (C=O) groups is 2. The van der Waals surface area contributed by atoms with E-state index in [0.717, 1.165) is 10.0 Å². The molecule has 2 amide bonds. The van der Waals surface area contributed by atoms with Crippen LogP contribution in [0.1, 0.15) is 43.5 Å². The second kappa shape index (κ2) is 16.9. The highest BCUT2D eigenvalue weighted by molar-refractivity contribution is 9.10. The number of methoxy groups -OCH3 is 1. The minimum Gasteiger partial charge on any atom is -0.490 e. The van der Waals surface area contributed by atoms with Crippen molar-refractivity contribution in [1.82, 2.24) is 16.1 Å². The van der Waals surface area contributed by atoms with E-state index in [4.69, 9.17) is 35.3 Å². The van der Waals surface area contributed by atoms with Crippen LogP contribution < -0.4 is 35.0 Å². The normalized spacial score (nSPS) is 15.0. The van der Waals surface area contributed by atoms with E-state index in [1.165, 1.54) is 13.3 Å². The number of allylic oxidation sites excluding steroid dienone is 1. The number of carbonyl (C=O) groups excluding carboxylic acids is 2. The number of benzene rings is 3. The molecule has 14 heteroatoms. The van der Waals surface area contributed by atoms with Gasteiger partial charge in [-0.25, -0.2) is 9.59 Å². The number of aliphatic hydroxyl groups excluding tert-OH is 1. The molecule has 1 aliphatic rings. The zero-order valence-corrected chi connectivity index (χ0v) is 28.6. The summed E-state index contributed by atoms with van der Waals surface area (Å²) in [4.78, 5) is 24.6. The van der Waals surface area contributed by atoms with Gasteiger partial charge < -0.3 is 39.4 Å². The van der Waals surface area contributed by atoms with E-state index in [1.54, 1.807) is 37.3 Å². The van der Waals surface area contributed by atoms with Crippen molar-refractivity contribution >= 4 is 45.7 Å². The Morgan fingerprint density at radius 2 is 1.77 bits per heavy atom. The molecule has 0 unspecified atom stereocenters. The van der Waals surface area contributed by atoms with E-state index in [0.29, 0.717) is 64.7 Å². The Labute approximate surface area is 286 Å². The van der Waals surface area contributed by atoms with Crippen molar-refractivity contribution in [2.45, 2.75) is 39.6 Å². The number of ether oxygens (including phenoxy) is 5. The van der Waals surface area contributed by atoms with Crippen molar-refractivity contribution in [3.05, 3.63) is 92.1 Å². The van der Waals surface area contributed by atoms with Crippen molar-refractivity contribution in [3.8, 4) is 23.0 Å². The number of nitrogens with zero attached hydrogens (tertiary/aromatic N) is 1. The summed E-state index contributed by atoms with van der Waals surface area (Å²) in [5.41, 5.74) is 5.43. The Morgan fingerprint density at radius 1 is 1.04 bits per heavy atom. The van der Waals surface area contributed by atoms with Crippen LogP contribution in [-0.2, 0) is 16.1 Å². The number of hydrogen-bond acceptors (Lipinski definition) is 10. The SMILES string of the molecule is CCOc1cc([C@H]2NC(=O)NC(C)=C2C(=O)OC)ccc1OC[C@H](O)N/N=C\c1cc(Cl)c(OCc2ccc(Br)cc2)c(OCC)c1. The van der Waals surface area contributed by atoms with Crippen LogP contribution >= 0.6 is 27.5 Å². The van der Waals surface area contributed by atoms with Gasteiger partial charge in [0.15, 0.2) is 29.2 Å². The number of nitrogens with one attached hydrogen (secondary N) is 3. The van der Waals surface area contributed by atoms with Gasteiger partial charge in [0.05, 0.1) is 43.2 Å². The van der Waals surface area contributed by atoms with Crippen LogP contribution in [0.2, 0.25) is 5.02 Å². The smallest absolute Gasteiger partial charge is 0.337 e. The summed E-state index contributed by atoms with van der Waals surface area (Å²) in [5, 5.41) is 20.3. The van der Waals surface area contributed by atoms with E-state index in [2.05, 4.69) is 37.1 Å². The first-order valence-corrected chi connectivity index (χ1v) is 15.9. The van der Waals surface area contributed by atoms with Crippen LogP contribution in [0.25, 0.3) is 0 Å². The topological polar surface area (TPSA) is 149 Å². The average molecular weight is 732 g/mol. The summed E-state index contributed by atoms with van der Waals surface area (Å²) in [6, 6.07) is 14.9. The highest BCUT2D eigenvalue weighted by atomic mass is 79.9. The second-order valence-electron chi connectivity index (χ2n) is 10.1. The standard InChI is InChI=1S/C33H36BrClN4O8/c1-5-44-26-15-22(30-29(32(41)43-4)19(3)37-33(42)38-30)9-12-25(26)46-18-28(40)39-36-16-21-13-24(35)31(27(14-21)45-6-2)47-17-20-7-10-23(34)11-8-20/h7-16,28,30,39-40H,5-6,17-18H2,1-4H3,(H2,37,38,42)/b36-16-/t28-,30+/m0/s1. The quantitative estimate of drug-likeness (QED) is 0.0679. The van der Waals surface area contributed by atoms with Gasteiger partial charge in [-0.3, -0.25) is 5.43 Å². The molecule has 0 bridgehead atoms. The Kier molecular flexibility index (Phi) is 12.7. The molecule has 1 aliphatic heterocycles. The Bertz CT molecular complexity index is 1630. The molecule has 12 nitrogen and oxygen atoms in total. The molecule has 3 aromatic carbocycles. The van der Waals surface area contributed by atoms with E-state index < -0.39 is 24.3 Å². The van der Waals surface area contributed by atoms with Crippen molar-refractivity contribution in [2.75, 3.05) is 26.9 Å². The fourth-order valence-corrected chi connectivity index (χ4v) is 5.16. The van der Waals surface area contributed by atoms with Gasteiger partial charge >= 0.3 is 12.0 Å². The fourth-order valence-electron chi connectivity index (χ4n) is 4.62. The molecule has 3 aromatic rings. The summed E-state index contributed by atoms with van der Waals surface area (Å²) in [5.74, 6) is 0.998.